The number of hydrogen-bond donors (Lipinski definition) is 1. The van der Waals surface area contributed by atoms with Crippen molar-refractivity contribution in [2.24, 2.45) is 0 Å². The van der Waals surface area contributed by atoms with Gasteiger partial charge in [-0.2, -0.15) is 0 Å². The van der Waals surface area contributed by atoms with Gasteiger partial charge >= 0.3 is 0 Å². The van der Waals surface area contributed by atoms with Gasteiger partial charge in [-0.25, -0.2) is 0 Å². The number of aryl methyl sites for hydroxylation is 1. The Balaban J connectivity index is 1.66. The lowest BCUT2D eigenvalue weighted by Crippen LogP contribution is -2.22. The van der Waals surface area contributed by atoms with E-state index in [2.05, 4.69) is 23.5 Å². The predicted molar refractivity (Wildman–Crippen MR) is 94.2 cm³/mol. The van der Waals surface area contributed by atoms with E-state index in [4.69, 9.17) is 0 Å². The molecule has 0 unspecified atom stereocenters. The van der Waals surface area contributed by atoms with Crippen molar-refractivity contribution in [2.75, 3.05) is 0 Å². The van der Waals surface area contributed by atoms with Crippen LogP contribution in [-0.4, -0.2) is 5.91 Å². The third-order valence-electron chi connectivity index (χ3n) is 3.79. The van der Waals surface area contributed by atoms with Crippen molar-refractivity contribution < 1.29 is 4.79 Å². The number of carbonyl (C=O) groups is 1. The Bertz CT molecular complexity index is 792. The second-order valence-electron chi connectivity index (χ2n) is 5.62. The first kappa shape index (κ1) is 15.0. The third kappa shape index (κ3) is 3.86. The summed E-state index contributed by atoms with van der Waals surface area (Å²) in [6, 6.07) is 26.0. The van der Waals surface area contributed by atoms with Crippen molar-refractivity contribution in [3.05, 3.63) is 95.6 Å². The molecule has 1 amide bonds. The number of hydrogen-bond acceptors (Lipinski definition) is 1. The standard InChI is InChI=1S/C21H19NO/c1-16-6-5-7-17(14-16)15-22-21(23)20-12-10-19(11-13-20)18-8-3-2-4-9-18/h2-14H,15H2,1H3,(H,22,23). The van der Waals surface area contributed by atoms with E-state index in [0.29, 0.717) is 12.1 Å². The van der Waals surface area contributed by atoms with Gasteiger partial charge in [-0.1, -0.05) is 72.3 Å². The molecular weight excluding hydrogens is 282 g/mol. The summed E-state index contributed by atoms with van der Waals surface area (Å²) in [5.74, 6) is -0.0499. The maximum Gasteiger partial charge on any atom is 0.251 e. The minimum atomic E-state index is -0.0499. The van der Waals surface area contributed by atoms with Crippen molar-refractivity contribution in [3.63, 3.8) is 0 Å². The molecule has 3 aromatic rings. The van der Waals surface area contributed by atoms with Crippen LogP contribution in [0.15, 0.2) is 78.9 Å². The average molecular weight is 301 g/mol. The molecule has 0 atom stereocenters. The molecule has 3 aromatic carbocycles. The molecule has 1 N–H and O–H groups in total. The number of carbonyl (C=O) groups excluding carboxylic acids is 1. The summed E-state index contributed by atoms with van der Waals surface area (Å²) in [7, 11) is 0. The van der Waals surface area contributed by atoms with Gasteiger partial charge in [0.15, 0.2) is 0 Å². The van der Waals surface area contributed by atoms with Crippen LogP contribution in [0.5, 0.6) is 0 Å². The van der Waals surface area contributed by atoms with E-state index in [9.17, 15) is 4.79 Å². The smallest absolute Gasteiger partial charge is 0.251 e. The highest BCUT2D eigenvalue weighted by Gasteiger charge is 2.06. The van der Waals surface area contributed by atoms with E-state index in [1.165, 1.54) is 5.56 Å². The zero-order chi connectivity index (χ0) is 16.1. The Labute approximate surface area is 136 Å². The molecule has 0 aromatic heterocycles. The zero-order valence-electron chi connectivity index (χ0n) is 13.1. The van der Waals surface area contributed by atoms with Gasteiger partial charge in [0.25, 0.3) is 5.91 Å². The Hall–Kier alpha value is -2.87. The van der Waals surface area contributed by atoms with E-state index in [0.717, 1.165) is 16.7 Å². The van der Waals surface area contributed by atoms with Gasteiger partial charge < -0.3 is 5.32 Å². The number of rotatable bonds is 4. The van der Waals surface area contributed by atoms with Crippen molar-refractivity contribution in [1.29, 1.82) is 0 Å². The molecule has 0 heterocycles. The van der Waals surface area contributed by atoms with Crippen molar-refractivity contribution in [1.82, 2.24) is 5.32 Å². The predicted octanol–water partition coefficient (Wildman–Crippen LogP) is 4.59. The van der Waals surface area contributed by atoms with E-state index < -0.39 is 0 Å². The maximum atomic E-state index is 12.2. The van der Waals surface area contributed by atoms with Gasteiger partial charge in [-0.3, -0.25) is 4.79 Å². The molecule has 0 bridgehead atoms. The minimum Gasteiger partial charge on any atom is -0.348 e. The summed E-state index contributed by atoms with van der Waals surface area (Å²) < 4.78 is 0. The Morgan fingerprint density at radius 1 is 0.826 bits per heavy atom. The van der Waals surface area contributed by atoms with Crippen molar-refractivity contribution >= 4 is 5.91 Å². The molecule has 3 rings (SSSR count). The molecule has 0 spiro atoms. The minimum absolute atomic E-state index is 0.0499. The van der Waals surface area contributed by atoms with E-state index in [-0.39, 0.29) is 5.91 Å². The fourth-order valence-corrected chi connectivity index (χ4v) is 2.55. The zero-order valence-corrected chi connectivity index (χ0v) is 13.1. The molecule has 114 valence electrons. The van der Waals surface area contributed by atoms with Crippen LogP contribution in [0.3, 0.4) is 0 Å². The van der Waals surface area contributed by atoms with E-state index in [1.54, 1.807) is 0 Å². The van der Waals surface area contributed by atoms with Gasteiger partial charge in [0.1, 0.15) is 0 Å². The van der Waals surface area contributed by atoms with E-state index >= 15 is 0 Å². The van der Waals surface area contributed by atoms with Crippen LogP contribution in [0.4, 0.5) is 0 Å². The van der Waals surface area contributed by atoms with Crippen LogP contribution in [0.2, 0.25) is 0 Å². The molecule has 2 heteroatoms. The van der Waals surface area contributed by atoms with Gasteiger partial charge in [-0.15, -0.1) is 0 Å². The summed E-state index contributed by atoms with van der Waals surface area (Å²) in [6.07, 6.45) is 0. The molecule has 0 aliphatic carbocycles. The topological polar surface area (TPSA) is 29.1 Å². The normalized spacial score (nSPS) is 10.3. The van der Waals surface area contributed by atoms with Crippen LogP contribution in [0, 0.1) is 6.92 Å². The quantitative estimate of drug-likeness (QED) is 0.750. The first-order valence-electron chi connectivity index (χ1n) is 7.71. The number of amides is 1. The summed E-state index contributed by atoms with van der Waals surface area (Å²) in [5.41, 5.74) is 5.25. The van der Waals surface area contributed by atoms with E-state index in [1.807, 2.05) is 67.6 Å². The second-order valence-corrected chi connectivity index (χ2v) is 5.62. The summed E-state index contributed by atoms with van der Waals surface area (Å²) in [5, 5.41) is 2.96. The average Bonchev–Trinajstić information content (AvgIpc) is 2.61. The van der Waals surface area contributed by atoms with Crippen molar-refractivity contribution in [3.8, 4) is 11.1 Å². The lowest BCUT2D eigenvalue weighted by atomic mass is 10.0. The summed E-state index contributed by atoms with van der Waals surface area (Å²) in [4.78, 5) is 12.2. The van der Waals surface area contributed by atoms with Crippen LogP contribution < -0.4 is 5.32 Å². The van der Waals surface area contributed by atoms with Gasteiger partial charge in [0, 0.05) is 12.1 Å². The fraction of sp³-hybridized carbons (Fsp3) is 0.0952. The molecule has 0 saturated heterocycles. The van der Waals surface area contributed by atoms with Gasteiger partial charge in [0.05, 0.1) is 0 Å². The molecule has 0 saturated carbocycles. The summed E-state index contributed by atoms with van der Waals surface area (Å²) >= 11 is 0. The first-order valence-corrected chi connectivity index (χ1v) is 7.71. The third-order valence-corrected chi connectivity index (χ3v) is 3.79. The Kier molecular flexibility index (Phi) is 4.53. The van der Waals surface area contributed by atoms with Crippen LogP contribution in [-0.2, 0) is 6.54 Å². The molecule has 0 radical (unpaired) electrons. The number of nitrogens with one attached hydrogen (secondary N) is 1. The van der Waals surface area contributed by atoms with Crippen LogP contribution in [0.1, 0.15) is 21.5 Å². The molecule has 0 aliphatic heterocycles. The molecule has 2 nitrogen and oxygen atoms in total. The highest BCUT2D eigenvalue weighted by Crippen LogP contribution is 2.19. The summed E-state index contributed by atoms with van der Waals surface area (Å²) in [6.45, 7) is 2.59. The van der Waals surface area contributed by atoms with Gasteiger partial charge in [-0.05, 0) is 35.7 Å². The second kappa shape index (κ2) is 6.93. The SMILES string of the molecule is Cc1cccc(CNC(=O)c2ccc(-c3ccccc3)cc2)c1. The largest absolute Gasteiger partial charge is 0.348 e. The Morgan fingerprint density at radius 3 is 2.22 bits per heavy atom. The number of benzene rings is 3. The highest BCUT2D eigenvalue weighted by molar-refractivity contribution is 5.94. The first-order chi connectivity index (χ1) is 11.2. The maximum absolute atomic E-state index is 12.2. The lowest BCUT2D eigenvalue weighted by molar-refractivity contribution is 0.0951. The van der Waals surface area contributed by atoms with Crippen LogP contribution in [0.25, 0.3) is 11.1 Å². The molecule has 0 fully saturated rings. The highest BCUT2D eigenvalue weighted by atomic mass is 16.1. The monoisotopic (exact) mass is 301 g/mol. The molecule has 23 heavy (non-hydrogen) atoms. The fourth-order valence-electron chi connectivity index (χ4n) is 2.55. The Morgan fingerprint density at radius 2 is 1.52 bits per heavy atom. The van der Waals surface area contributed by atoms with Gasteiger partial charge in [0.2, 0.25) is 0 Å². The molecule has 0 aliphatic rings. The molecular formula is C21H19NO. The van der Waals surface area contributed by atoms with Crippen molar-refractivity contribution in [2.45, 2.75) is 13.5 Å². The van der Waals surface area contributed by atoms with Crippen LogP contribution >= 0.6 is 0 Å². The lowest BCUT2D eigenvalue weighted by Gasteiger charge is -2.07.